The highest BCUT2D eigenvalue weighted by atomic mass is 35.5. The maximum Gasteiger partial charge on any atom is 0.241 e. The number of fused-ring (bicyclic) bond motifs is 1. The van der Waals surface area contributed by atoms with Crippen molar-refractivity contribution < 1.29 is 14.3 Å². The number of rotatable bonds is 5. The highest BCUT2D eigenvalue weighted by molar-refractivity contribution is 5.90. The Morgan fingerprint density at radius 3 is 2.61 bits per heavy atom. The molecule has 134 valence electrons. The number of halogens is 1. The maximum absolute atomic E-state index is 12.6. The third-order valence-corrected chi connectivity index (χ3v) is 5.15. The minimum Gasteiger partial charge on any atom is -0.377 e. The van der Waals surface area contributed by atoms with Gasteiger partial charge < -0.3 is 21.1 Å². The van der Waals surface area contributed by atoms with E-state index in [0.717, 1.165) is 19.4 Å². The summed E-state index contributed by atoms with van der Waals surface area (Å²) in [5.41, 5.74) is 5.19. The smallest absolute Gasteiger partial charge is 0.241 e. The molecule has 1 saturated heterocycles. The van der Waals surface area contributed by atoms with Crippen molar-refractivity contribution in [2.24, 2.45) is 17.1 Å². The molecule has 23 heavy (non-hydrogen) atoms. The zero-order valence-corrected chi connectivity index (χ0v) is 15.3. The lowest BCUT2D eigenvalue weighted by Crippen LogP contribution is -2.82. The van der Waals surface area contributed by atoms with Crippen LogP contribution in [0.4, 0.5) is 0 Å². The minimum atomic E-state index is -0.910. The van der Waals surface area contributed by atoms with Crippen molar-refractivity contribution in [2.75, 3.05) is 13.2 Å². The molecule has 1 aliphatic heterocycles. The van der Waals surface area contributed by atoms with E-state index in [4.69, 9.17) is 10.5 Å². The van der Waals surface area contributed by atoms with Gasteiger partial charge in [-0.25, -0.2) is 0 Å². The second kappa shape index (κ2) is 7.36. The van der Waals surface area contributed by atoms with Crippen LogP contribution in [0.3, 0.4) is 0 Å². The largest absolute Gasteiger partial charge is 0.377 e. The summed E-state index contributed by atoms with van der Waals surface area (Å²) < 4.78 is 5.80. The van der Waals surface area contributed by atoms with Gasteiger partial charge in [-0.1, -0.05) is 13.8 Å². The summed E-state index contributed by atoms with van der Waals surface area (Å²) in [5, 5.41) is 5.64. The molecule has 2 aliphatic rings. The first-order chi connectivity index (χ1) is 10.2. The number of hydrogen-bond acceptors (Lipinski definition) is 4. The molecule has 0 aromatic rings. The maximum atomic E-state index is 12.6. The van der Waals surface area contributed by atoms with Gasteiger partial charge in [-0.15, -0.1) is 12.4 Å². The van der Waals surface area contributed by atoms with Crippen LogP contribution in [-0.2, 0) is 14.3 Å². The van der Waals surface area contributed by atoms with Gasteiger partial charge in [-0.05, 0) is 26.7 Å². The van der Waals surface area contributed by atoms with Crippen molar-refractivity contribution in [3.8, 4) is 0 Å². The molecule has 2 fully saturated rings. The summed E-state index contributed by atoms with van der Waals surface area (Å²) >= 11 is 0. The van der Waals surface area contributed by atoms with E-state index < -0.39 is 5.54 Å². The van der Waals surface area contributed by atoms with E-state index in [1.165, 1.54) is 0 Å². The quantitative estimate of drug-likeness (QED) is 0.691. The highest BCUT2D eigenvalue weighted by Crippen LogP contribution is 2.57. The summed E-state index contributed by atoms with van der Waals surface area (Å²) in [4.78, 5) is 24.2. The molecule has 1 heterocycles. The molecule has 2 rings (SSSR count). The molecule has 0 aromatic heterocycles. The Labute approximate surface area is 144 Å². The van der Waals surface area contributed by atoms with Gasteiger partial charge in [0.2, 0.25) is 11.8 Å². The van der Waals surface area contributed by atoms with Gasteiger partial charge in [-0.3, -0.25) is 9.59 Å². The van der Waals surface area contributed by atoms with Gasteiger partial charge in [0.1, 0.15) is 5.54 Å². The van der Waals surface area contributed by atoms with Crippen molar-refractivity contribution in [3.63, 3.8) is 0 Å². The van der Waals surface area contributed by atoms with Crippen LogP contribution < -0.4 is 16.4 Å². The van der Waals surface area contributed by atoms with Gasteiger partial charge in [0, 0.05) is 36.9 Å². The summed E-state index contributed by atoms with van der Waals surface area (Å²) in [7, 11) is 0. The molecule has 6 nitrogen and oxygen atoms in total. The third kappa shape index (κ3) is 3.49. The second-order valence-electron chi connectivity index (χ2n) is 7.36. The number of ether oxygens (including phenoxy) is 1. The number of hydrogen-bond donors (Lipinski definition) is 3. The Balaban J connectivity index is 0.00000264. The first kappa shape index (κ1) is 20.2. The zero-order valence-electron chi connectivity index (χ0n) is 14.5. The third-order valence-electron chi connectivity index (χ3n) is 5.15. The Morgan fingerprint density at radius 1 is 1.35 bits per heavy atom. The summed E-state index contributed by atoms with van der Waals surface area (Å²) in [6.45, 7) is 8.86. The zero-order chi connectivity index (χ0) is 16.5. The molecule has 1 saturated carbocycles. The van der Waals surface area contributed by atoms with Crippen molar-refractivity contribution in [1.29, 1.82) is 0 Å². The Morgan fingerprint density at radius 2 is 2.00 bits per heavy atom. The van der Waals surface area contributed by atoms with Crippen molar-refractivity contribution in [2.45, 2.75) is 64.6 Å². The van der Waals surface area contributed by atoms with Gasteiger partial charge in [0.05, 0.1) is 6.10 Å². The van der Waals surface area contributed by atoms with Crippen LogP contribution in [0.1, 0.15) is 47.0 Å². The van der Waals surface area contributed by atoms with Crippen molar-refractivity contribution >= 4 is 24.2 Å². The predicted molar refractivity (Wildman–Crippen MR) is 91.3 cm³/mol. The Hall–Kier alpha value is -0.850. The van der Waals surface area contributed by atoms with E-state index in [1.807, 2.05) is 27.7 Å². The lowest BCUT2D eigenvalue weighted by atomic mass is 9.46. The Kier molecular flexibility index (Phi) is 6.47. The number of carbonyl (C=O) groups excluding carboxylic acids is 2. The van der Waals surface area contributed by atoms with E-state index in [2.05, 4.69) is 10.6 Å². The minimum absolute atomic E-state index is 0. The molecule has 3 unspecified atom stereocenters. The Bertz CT molecular complexity index is 456. The van der Waals surface area contributed by atoms with E-state index in [9.17, 15) is 9.59 Å². The van der Waals surface area contributed by atoms with Crippen LogP contribution in [0.5, 0.6) is 0 Å². The standard InChI is InChI=1S/C16H29N3O3.ClH/c1-10(2)19-12(20)7-8-18-14(21)16(17)11-6-5-9-22-13(11)15(16,3)4;/h10-11,13H,5-9,17H2,1-4H3,(H,18,21)(H,19,20);1H. The van der Waals surface area contributed by atoms with E-state index in [0.29, 0.717) is 6.54 Å². The van der Waals surface area contributed by atoms with Crippen LogP contribution in [0.25, 0.3) is 0 Å². The lowest BCUT2D eigenvalue weighted by Gasteiger charge is -2.65. The molecular weight excluding hydrogens is 318 g/mol. The number of nitrogens with two attached hydrogens (primary N) is 1. The number of carbonyl (C=O) groups is 2. The summed E-state index contributed by atoms with van der Waals surface area (Å²) in [6, 6.07) is 0.106. The average Bonchev–Trinajstić information content (AvgIpc) is 2.45. The van der Waals surface area contributed by atoms with Crippen LogP contribution in [-0.4, -0.2) is 42.7 Å². The second-order valence-corrected chi connectivity index (χ2v) is 7.36. The monoisotopic (exact) mass is 347 g/mol. The SMILES string of the molecule is CC(C)NC(=O)CCNC(=O)C1(N)C2CCCOC2C1(C)C.Cl. The lowest BCUT2D eigenvalue weighted by molar-refractivity contribution is -0.225. The van der Waals surface area contributed by atoms with Crippen LogP contribution in [0.2, 0.25) is 0 Å². The molecule has 4 N–H and O–H groups in total. The first-order valence-electron chi connectivity index (χ1n) is 8.19. The van der Waals surface area contributed by atoms with Crippen LogP contribution in [0, 0.1) is 11.3 Å². The molecule has 1 aliphatic carbocycles. The van der Waals surface area contributed by atoms with E-state index in [-0.39, 0.29) is 54.1 Å². The van der Waals surface area contributed by atoms with Gasteiger partial charge in [-0.2, -0.15) is 0 Å². The van der Waals surface area contributed by atoms with Gasteiger partial charge >= 0.3 is 0 Å². The molecule has 2 amide bonds. The molecule has 0 spiro atoms. The van der Waals surface area contributed by atoms with Gasteiger partial charge in [0.15, 0.2) is 0 Å². The van der Waals surface area contributed by atoms with Gasteiger partial charge in [0.25, 0.3) is 0 Å². The normalized spacial score (nSPS) is 31.4. The fraction of sp³-hybridized carbons (Fsp3) is 0.875. The average molecular weight is 348 g/mol. The van der Waals surface area contributed by atoms with Crippen LogP contribution >= 0.6 is 12.4 Å². The van der Waals surface area contributed by atoms with Crippen molar-refractivity contribution in [3.05, 3.63) is 0 Å². The predicted octanol–water partition coefficient (Wildman–Crippen LogP) is 0.972. The van der Waals surface area contributed by atoms with Crippen LogP contribution in [0.15, 0.2) is 0 Å². The molecule has 0 radical (unpaired) electrons. The first-order valence-corrected chi connectivity index (χ1v) is 8.19. The van der Waals surface area contributed by atoms with Crippen molar-refractivity contribution in [1.82, 2.24) is 10.6 Å². The number of amides is 2. The summed E-state index contributed by atoms with van der Waals surface area (Å²) in [6.07, 6.45) is 2.19. The van der Waals surface area contributed by atoms with E-state index >= 15 is 0 Å². The van der Waals surface area contributed by atoms with E-state index in [1.54, 1.807) is 0 Å². The fourth-order valence-electron chi connectivity index (χ4n) is 3.87. The molecule has 0 bridgehead atoms. The highest BCUT2D eigenvalue weighted by Gasteiger charge is 2.70. The summed E-state index contributed by atoms with van der Waals surface area (Å²) in [5.74, 6) is -0.157. The molecule has 7 heteroatoms. The molecule has 3 atom stereocenters. The topological polar surface area (TPSA) is 93.5 Å². The molecule has 0 aromatic carbocycles. The molecular formula is C16H30ClN3O3. The number of nitrogens with one attached hydrogen (secondary N) is 2. The fourth-order valence-corrected chi connectivity index (χ4v) is 3.87.